The molecule has 190 valence electrons. The minimum Gasteiger partial charge on any atom is -0.490 e. The fourth-order valence-corrected chi connectivity index (χ4v) is 5.24. The molecule has 0 saturated carbocycles. The number of carbonyl (C=O) groups is 3. The van der Waals surface area contributed by atoms with Gasteiger partial charge in [0.25, 0.3) is 11.1 Å². The molecule has 3 aromatic carbocycles. The molecule has 37 heavy (non-hydrogen) atoms. The maximum absolute atomic E-state index is 12.9. The molecule has 3 aromatic rings. The van der Waals surface area contributed by atoms with E-state index in [0.717, 1.165) is 22.2 Å². The van der Waals surface area contributed by atoms with Crippen LogP contribution in [0, 0.1) is 0 Å². The van der Waals surface area contributed by atoms with Gasteiger partial charge in [-0.05, 0) is 76.1 Å². The van der Waals surface area contributed by atoms with Gasteiger partial charge < -0.3 is 9.47 Å². The fourth-order valence-electron chi connectivity index (χ4n) is 3.51. The molecule has 0 spiro atoms. The lowest BCUT2D eigenvalue weighted by Crippen LogP contribution is -2.33. The Bertz CT molecular complexity index is 1400. The molecule has 6 nitrogen and oxygen atoms in total. The lowest BCUT2D eigenvalue weighted by Gasteiger charge is -2.15. The zero-order chi connectivity index (χ0) is 26.5. The maximum atomic E-state index is 12.9. The first-order chi connectivity index (χ1) is 17.8. The Morgan fingerprint density at radius 3 is 2.49 bits per heavy atom. The molecule has 10 heteroatoms. The number of hydrogen-bond acceptors (Lipinski definition) is 6. The Kier molecular flexibility index (Phi) is 8.97. The number of carbonyl (C=O) groups excluding carboxylic acids is 3. The number of halogens is 3. The molecule has 0 N–H and O–H groups in total. The highest BCUT2D eigenvalue weighted by Crippen LogP contribution is 2.40. The topological polar surface area (TPSA) is 72.9 Å². The highest BCUT2D eigenvalue weighted by molar-refractivity contribution is 9.10. The van der Waals surface area contributed by atoms with E-state index in [1.807, 2.05) is 13.0 Å². The van der Waals surface area contributed by atoms with Gasteiger partial charge in [0.15, 0.2) is 17.3 Å². The van der Waals surface area contributed by atoms with E-state index in [2.05, 4.69) is 15.9 Å². The molecule has 4 rings (SSSR count). The summed E-state index contributed by atoms with van der Waals surface area (Å²) in [5.74, 6) is 0.107. The maximum Gasteiger partial charge on any atom is 0.293 e. The third-order valence-corrected chi connectivity index (χ3v) is 7.50. The van der Waals surface area contributed by atoms with Gasteiger partial charge in [0.2, 0.25) is 0 Å². The average molecular weight is 621 g/mol. The SMILES string of the molecule is CCOc1cc(/C=C2/SC(=O)N(CC(=O)c3ccccc3)C2=O)cc(Br)c1OCc1ccc(Cl)c(Cl)c1. The van der Waals surface area contributed by atoms with Crippen molar-refractivity contribution < 1.29 is 23.9 Å². The number of hydrogen-bond donors (Lipinski definition) is 0. The van der Waals surface area contributed by atoms with Crippen molar-refractivity contribution in [1.82, 2.24) is 4.90 Å². The van der Waals surface area contributed by atoms with E-state index < -0.39 is 11.1 Å². The van der Waals surface area contributed by atoms with Gasteiger partial charge in [0.1, 0.15) is 6.61 Å². The Labute approximate surface area is 236 Å². The second-order valence-corrected chi connectivity index (χ2v) is 10.5. The van der Waals surface area contributed by atoms with Crippen molar-refractivity contribution in [2.75, 3.05) is 13.2 Å². The minimum absolute atomic E-state index is 0.213. The van der Waals surface area contributed by atoms with E-state index >= 15 is 0 Å². The Morgan fingerprint density at radius 2 is 1.78 bits per heavy atom. The Hall–Kier alpha value is -2.78. The summed E-state index contributed by atoms with van der Waals surface area (Å²) in [6, 6.07) is 17.3. The summed E-state index contributed by atoms with van der Waals surface area (Å²) in [7, 11) is 0. The molecule has 2 amide bonds. The molecule has 1 heterocycles. The first kappa shape index (κ1) is 27.3. The molecular weight excluding hydrogens is 601 g/mol. The van der Waals surface area contributed by atoms with Crippen molar-refractivity contribution in [3.05, 3.63) is 96.8 Å². The van der Waals surface area contributed by atoms with Gasteiger partial charge in [-0.15, -0.1) is 0 Å². The number of amides is 2. The van der Waals surface area contributed by atoms with Crippen LogP contribution in [0.15, 0.2) is 70.0 Å². The molecule has 0 radical (unpaired) electrons. The smallest absolute Gasteiger partial charge is 0.293 e. The van der Waals surface area contributed by atoms with Crippen LogP contribution in [0.25, 0.3) is 6.08 Å². The highest BCUT2D eigenvalue weighted by atomic mass is 79.9. The van der Waals surface area contributed by atoms with Gasteiger partial charge in [-0.2, -0.15) is 0 Å². The quantitative estimate of drug-likeness (QED) is 0.181. The number of Topliss-reactive ketones (excluding diaryl/α,β-unsaturated/α-hetero) is 1. The monoisotopic (exact) mass is 619 g/mol. The molecule has 1 saturated heterocycles. The lowest BCUT2D eigenvalue weighted by atomic mass is 10.1. The number of nitrogens with zero attached hydrogens (tertiary/aromatic N) is 1. The molecular formula is C27H20BrCl2NO5S. The molecule has 0 atom stereocenters. The van der Waals surface area contributed by atoms with Gasteiger partial charge in [0.05, 0.1) is 32.6 Å². The van der Waals surface area contributed by atoms with Crippen LogP contribution in [0.3, 0.4) is 0 Å². The zero-order valence-corrected chi connectivity index (χ0v) is 23.4. The van der Waals surface area contributed by atoms with Crippen molar-refractivity contribution >= 4 is 73.9 Å². The molecule has 0 unspecified atom stereocenters. The van der Waals surface area contributed by atoms with E-state index in [1.165, 1.54) is 0 Å². The lowest BCUT2D eigenvalue weighted by molar-refractivity contribution is -0.122. The van der Waals surface area contributed by atoms with E-state index in [-0.39, 0.29) is 23.8 Å². The van der Waals surface area contributed by atoms with Gasteiger partial charge in [-0.3, -0.25) is 19.3 Å². The largest absolute Gasteiger partial charge is 0.490 e. The third-order valence-electron chi connectivity index (χ3n) is 5.27. The van der Waals surface area contributed by atoms with Crippen molar-refractivity contribution in [2.24, 2.45) is 0 Å². The van der Waals surface area contributed by atoms with Gasteiger partial charge >= 0.3 is 0 Å². The number of thioether (sulfide) groups is 1. The highest BCUT2D eigenvalue weighted by Gasteiger charge is 2.36. The van der Waals surface area contributed by atoms with Crippen LogP contribution >= 0.6 is 50.9 Å². The summed E-state index contributed by atoms with van der Waals surface area (Å²) in [6.07, 6.45) is 1.59. The number of imide groups is 1. The number of benzene rings is 3. The van der Waals surface area contributed by atoms with Crippen molar-refractivity contribution in [3.63, 3.8) is 0 Å². The Morgan fingerprint density at radius 1 is 1.03 bits per heavy atom. The van der Waals surface area contributed by atoms with E-state index in [4.69, 9.17) is 32.7 Å². The van der Waals surface area contributed by atoms with Crippen LogP contribution in [0.2, 0.25) is 10.0 Å². The predicted molar refractivity (Wildman–Crippen MR) is 150 cm³/mol. The van der Waals surface area contributed by atoms with Gasteiger partial charge in [-0.25, -0.2) is 0 Å². The summed E-state index contributed by atoms with van der Waals surface area (Å²) in [5, 5.41) is 0.396. The molecule has 1 aliphatic heterocycles. The predicted octanol–water partition coefficient (Wildman–Crippen LogP) is 7.65. The summed E-state index contributed by atoms with van der Waals surface area (Å²) < 4.78 is 12.4. The second-order valence-electron chi connectivity index (χ2n) is 7.86. The van der Waals surface area contributed by atoms with Crippen molar-refractivity contribution in [3.8, 4) is 11.5 Å². The summed E-state index contributed by atoms with van der Waals surface area (Å²) >= 11 is 16.4. The first-order valence-electron chi connectivity index (χ1n) is 11.1. The molecule has 0 aliphatic carbocycles. The van der Waals surface area contributed by atoms with Crippen LogP contribution in [0.5, 0.6) is 11.5 Å². The fraction of sp³-hybridized carbons (Fsp3) is 0.148. The van der Waals surface area contributed by atoms with Crippen LogP contribution in [-0.4, -0.2) is 35.0 Å². The molecule has 0 bridgehead atoms. The van der Waals surface area contributed by atoms with Crippen LogP contribution in [0.1, 0.15) is 28.4 Å². The molecule has 1 aliphatic rings. The number of rotatable bonds is 9. The number of ether oxygens (including phenoxy) is 2. The molecule has 0 aromatic heterocycles. The summed E-state index contributed by atoms with van der Waals surface area (Å²) in [6.45, 7) is 2.14. The zero-order valence-electron chi connectivity index (χ0n) is 19.5. The van der Waals surface area contributed by atoms with Gasteiger partial charge in [-0.1, -0.05) is 59.6 Å². The minimum atomic E-state index is -0.520. The van der Waals surface area contributed by atoms with E-state index in [0.29, 0.717) is 43.8 Å². The average Bonchev–Trinajstić information content (AvgIpc) is 3.13. The van der Waals surface area contributed by atoms with Gasteiger partial charge in [0, 0.05) is 5.56 Å². The second kappa shape index (κ2) is 12.2. The summed E-state index contributed by atoms with van der Waals surface area (Å²) in [4.78, 5) is 39.1. The Balaban J connectivity index is 1.53. The normalized spacial score (nSPS) is 14.4. The standard InChI is InChI=1S/C27H20BrCl2NO5S/c1-2-35-23-12-17(10-19(28)25(23)36-15-16-8-9-20(29)21(30)11-16)13-24-26(33)31(27(34)37-24)14-22(32)18-6-4-3-5-7-18/h3-13H,2,14-15H2,1H3/b24-13+. The summed E-state index contributed by atoms with van der Waals surface area (Å²) in [5.41, 5.74) is 1.89. The van der Waals surface area contributed by atoms with Crippen LogP contribution in [0.4, 0.5) is 4.79 Å². The van der Waals surface area contributed by atoms with Crippen molar-refractivity contribution in [1.29, 1.82) is 0 Å². The molecule has 1 fully saturated rings. The van der Waals surface area contributed by atoms with E-state index in [9.17, 15) is 14.4 Å². The van der Waals surface area contributed by atoms with Crippen LogP contribution < -0.4 is 9.47 Å². The van der Waals surface area contributed by atoms with Crippen molar-refractivity contribution in [2.45, 2.75) is 13.5 Å². The van der Waals surface area contributed by atoms with Crippen LogP contribution in [-0.2, 0) is 11.4 Å². The van der Waals surface area contributed by atoms with E-state index in [1.54, 1.807) is 60.7 Å². The first-order valence-corrected chi connectivity index (χ1v) is 13.5. The third kappa shape index (κ3) is 6.57. The number of ketones is 1.